The molecular weight excluding hydrogens is 347 g/mol. The Labute approximate surface area is 156 Å². The minimum Gasteiger partial charge on any atom is -0.335 e. The first-order chi connectivity index (χ1) is 13.1. The molecule has 7 nitrogen and oxygen atoms in total. The van der Waals surface area contributed by atoms with Crippen LogP contribution in [0.25, 0.3) is 11.0 Å². The number of benzene rings is 1. The molecule has 1 aliphatic rings. The lowest BCUT2D eigenvalue weighted by atomic mass is 10.2. The van der Waals surface area contributed by atoms with Gasteiger partial charge in [0.15, 0.2) is 0 Å². The van der Waals surface area contributed by atoms with E-state index in [9.17, 15) is 9.18 Å². The van der Waals surface area contributed by atoms with Gasteiger partial charge in [0.1, 0.15) is 11.5 Å². The van der Waals surface area contributed by atoms with Gasteiger partial charge >= 0.3 is 0 Å². The zero-order valence-corrected chi connectivity index (χ0v) is 15.2. The zero-order chi connectivity index (χ0) is 18.8. The van der Waals surface area contributed by atoms with Gasteiger partial charge in [0.2, 0.25) is 0 Å². The Bertz CT molecular complexity index is 946. The molecule has 8 heteroatoms. The van der Waals surface area contributed by atoms with Crippen LogP contribution in [0.1, 0.15) is 16.2 Å². The Kier molecular flexibility index (Phi) is 4.81. The number of hydrogen-bond donors (Lipinski definition) is 0. The van der Waals surface area contributed by atoms with Crippen molar-refractivity contribution < 1.29 is 9.18 Å². The molecular formula is C19H21FN6O. The number of piperazine rings is 1. The number of halogens is 1. The lowest BCUT2D eigenvalue weighted by Crippen LogP contribution is -2.49. The van der Waals surface area contributed by atoms with Crippen LogP contribution < -0.4 is 0 Å². The number of nitrogens with zero attached hydrogens (tertiary/aromatic N) is 6. The van der Waals surface area contributed by atoms with Crippen LogP contribution in [0.2, 0.25) is 0 Å². The molecule has 0 saturated carbocycles. The van der Waals surface area contributed by atoms with Crippen molar-refractivity contribution in [1.82, 2.24) is 29.3 Å². The predicted molar refractivity (Wildman–Crippen MR) is 98.8 cm³/mol. The lowest BCUT2D eigenvalue weighted by molar-refractivity contribution is 0.0627. The fourth-order valence-electron chi connectivity index (χ4n) is 3.30. The molecule has 1 amide bonds. The summed E-state index contributed by atoms with van der Waals surface area (Å²) in [6.45, 7) is 6.45. The molecule has 3 aromatic rings. The first-order valence-corrected chi connectivity index (χ1v) is 9.01. The van der Waals surface area contributed by atoms with Gasteiger partial charge in [-0.2, -0.15) is 0 Å². The van der Waals surface area contributed by atoms with Gasteiger partial charge in [0, 0.05) is 51.5 Å². The number of imidazole rings is 1. The Morgan fingerprint density at radius 1 is 1.07 bits per heavy atom. The van der Waals surface area contributed by atoms with E-state index < -0.39 is 0 Å². The van der Waals surface area contributed by atoms with Gasteiger partial charge in [-0.1, -0.05) is 0 Å². The van der Waals surface area contributed by atoms with Gasteiger partial charge in [0.25, 0.3) is 5.91 Å². The second kappa shape index (κ2) is 7.40. The summed E-state index contributed by atoms with van der Waals surface area (Å²) < 4.78 is 15.3. The van der Waals surface area contributed by atoms with E-state index in [-0.39, 0.29) is 11.7 Å². The Balaban J connectivity index is 1.31. The molecule has 0 atom stereocenters. The molecule has 1 aromatic carbocycles. The molecule has 0 spiro atoms. The Hall–Kier alpha value is -2.87. The number of amides is 1. The fraction of sp³-hybridized carbons (Fsp3) is 0.368. The van der Waals surface area contributed by atoms with Crippen molar-refractivity contribution in [3.63, 3.8) is 0 Å². The highest BCUT2D eigenvalue weighted by molar-refractivity contribution is 5.92. The summed E-state index contributed by atoms with van der Waals surface area (Å²) in [6.07, 6.45) is 4.90. The molecule has 2 aromatic heterocycles. The van der Waals surface area contributed by atoms with Crippen LogP contribution in [0.5, 0.6) is 0 Å². The smallest absolute Gasteiger partial charge is 0.274 e. The largest absolute Gasteiger partial charge is 0.335 e. The maximum absolute atomic E-state index is 13.3. The molecule has 1 fully saturated rings. The van der Waals surface area contributed by atoms with Gasteiger partial charge in [-0.3, -0.25) is 14.7 Å². The third kappa shape index (κ3) is 3.80. The maximum atomic E-state index is 13.3. The standard InChI is InChI=1S/C19H21FN6O/c1-14-11-22-17(12-21-14)19(27)25-7-4-24(5-8-25)6-9-26-13-23-16-10-15(20)2-3-18(16)26/h2-3,10-13H,4-9H2,1H3. The van der Waals surface area contributed by atoms with Crippen LogP contribution in [-0.4, -0.2) is 67.9 Å². The molecule has 0 radical (unpaired) electrons. The number of carbonyl (C=O) groups excluding carboxylic acids is 1. The van der Waals surface area contributed by atoms with E-state index in [1.807, 2.05) is 16.4 Å². The highest BCUT2D eigenvalue weighted by Crippen LogP contribution is 2.14. The molecule has 4 rings (SSSR count). The molecule has 1 saturated heterocycles. The average Bonchev–Trinajstić information content (AvgIpc) is 3.09. The van der Waals surface area contributed by atoms with E-state index in [1.165, 1.54) is 18.3 Å². The molecule has 0 bridgehead atoms. The quantitative estimate of drug-likeness (QED) is 0.702. The Morgan fingerprint density at radius 3 is 2.63 bits per heavy atom. The van der Waals surface area contributed by atoms with E-state index in [1.54, 1.807) is 18.6 Å². The van der Waals surface area contributed by atoms with E-state index in [4.69, 9.17) is 0 Å². The zero-order valence-electron chi connectivity index (χ0n) is 15.2. The summed E-state index contributed by atoms with van der Waals surface area (Å²) in [5.41, 5.74) is 2.80. The van der Waals surface area contributed by atoms with Crippen molar-refractivity contribution in [2.75, 3.05) is 32.7 Å². The van der Waals surface area contributed by atoms with Gasteiger partial charge in [-0.15, -0.1) is 0 Å². The van der Waals surface area contributed by atoms with Crippen molar-refractivity contribution >= 4 is 16.9 Å². The van der Waals surface area contributed by atoms with Crippen LogP contribution in [0, 0.1) is 12.7 Å². The van der Waals surface area contributed by atoms with Crippen molar-refractivity contribution in [2.45, 2.75) is 13.5 Å². The highest BCUT2D eigenvalue weighted by atomic mass is 19.1. The highest BCUT2D eigenvalue weighted by Gasteiger charge is 2.23. The lowest BCUT2D eigenvalue weighted by Gasteiger charge is -2.34. The van der Waals surface area contributed by atoms with Crippen LogP contribution in [0.3, 0.4) is 0 Å². The minimum absolute atomic E-state index is 0.0650. The summed E-state index contributed by atoms with van der Waals surface area (Å²) in [5.74, 6) is -0.336. The minimum atomic E-state index is -0.271. The SMILES string of the molecule is Cc1cnc(C(=O)N2CCN(CCn3cnc4cc(F)ccc43)CC2)cn1. The molecule has 1 aliphatic heterocycles. The summed E-state index contributed by atoms with van der Waals surface area (Å²) in [6, 6.07) is 4.67. The molecule has 0 N–H and O–H groups in total. The number of hydrogen-bond acceptors (Lipinski definition) is 5. The van der Waals surface area contributed by atoms with Crippen molar-refractivity contribution in [3.8, 4) is 0 Å². The van der Waals surface area contributed by atoms with Crippen LogP contribution in [-0.2, 0) is 6.54 Å². The number of carbonyl (C=O) groups is 1. The van der Waals surface area contributed by atoms with Gasteiger partial charge in [-0.25, -0.2) is 14.4 Å². The van der Waals surface area contributed by atoms with Crippen molar-refractivity contribution in [2.24, 2.45) is 0 Å². The fourth-order valence-corrected chi connectivity index (χ4v) is 3.30. The summed E-state index contributed by atoms with van der Waals surface area (Å²) in [4.78, 5) is 29.2. The van der Waals surface area contributed by atoms with Crippen LogP contribution >= 0.6 is 0 Å². The summed E-state index contributed by atoms with van der Waals surface area (Å²) in [5, 5.41) is 0. The topological polar surface area (TPSA) is 67.2 Å². The number of aryl methyl sites for hydroxylation is 1. The van der Waals surface area contributed by atoms with Crippen molar-refractivity contribution in [1.29, 1.82) is 0 Å². The van der Waals surface area contributed by atoms with Crippen LogP contribution in [0.4, 0.5) is 4.39 Å². The monoisotopic (exact) mass is 368 g/mol. The van der Waals surface area contributed by atoms with Gasteiger partial charge in [-0.05, 0) is 19.1 Å². The molecule has 27 heavy (non-hydrogen) atoms. The van der Waals surface area contributed by atoms with Gasteiger partial charge < -0.3 is 9.47 Å². The maximum Gasteiger partial charge on any atom is 0.274 e. The summed E-state index contributed by atoms with van der Waals surface area (Å²) in [7, 11) is 0. The number of rotatable bonds is 4. The van der Waals surface area contributed by atoms with E-state index >= 15 is 0 Å². The van der Waals surface area contributed by atoms with Crippen LogP contribution in [0.15, 0.2) is 36.9 Å². The third-order valence-electron chi connectivity index (χ3n) is 4.90. The van der Waals surface area contributed by atoms with Gasteiger partial charge in [0.05, 0.1) is 29.3 Å². The van der Waals surface area contributed by atoms with E-state index in [2.05, 4.69) is 19.9 Å². The molecule has 0 aliphatic carbocycles. The summed E-state index contributed by atoms with van der Waals surface area (Å²) >= 11 is 0. The van der Waals surface area contributed by atoms with E-state index in [0.29, 0.717) is 24.3 Å². The average molecular weight is 368 g/mol. The first-order valence-electron chi connectivity index (χ1n) is 9.01. The third-order valence-corrected chi connectivity index (χ3v) is 4.90. The number of aromatic nitrogens is 4. The number of fused-ring (bicyclic) bond motifs is 1. The molecule has 0 unspecified atom stereocenters. The second-order valence-electron chi connectivity index (χ2n) is 6.75. The normalized spacial score (nSPS) is 15.4. The molecule has 140 valence electrons. The predicted octanol–water partition coefficient (Wildman–Crippen LogP) is 1.73. The molecule has 3 heterocycles. The van der Waals surface area contributed by atoms with Crippen molar-refractivity contribution in [3.05, 3.63) is 54.1 Å². The second-order valence-corrected chi connectivity index (χ2v) is 6.75. The first kappa shape index (κ1) is 17.5. The Morgan fingerprint density at radius 2 is 1.89 bits per heavy atom. The van der Waals surface area contributed by atoms with E-state index in [0.717, 1.165) is 37.4 Å².